The van der Waals surface area contributed by atoms with E-state index in [1.807, 2.05) is 6.92 Å². The highest BCUT2D eigenvalue weighted by atomic mass is 32.1. The van der Waals surface area contributed by atoms with Gasteiger partial charge in [0, 0.05) is 19.0 Å². The lowest BCUT2D eigenvalue weighted by Gasteiger charge is -2.38. The number of halogens is 1. The second kappa shape index (κ2) is 12.0. The third-order valence-corrected chi connectivity index (χ3v) is 9.26. The van der Waals surface area contributed by atoms with Crippen molar-refractivity contribution in [2.45, 2.75) is 57.9 Å². The Balaban J connectivity index is 1.33. The fourth-order valence-electron chi connectivity index (χ4n) is 5.78. The highest BCUT2D eigenvalue weighted by Gasteiger charge is 2.34. The van der Waals surface area contributed by atoms with Gasteiger partial charge in [-0.15, -0.1) is 11.3 Å². The third-order valence-electron chi connectivity index (χ3n) is 8.06. The van der Waals surface area contributed by atoms with Crippen molar-refractivity contribution in [2.75, 3.05) is 43.9 Å². The molecule has 4 heterocycles. The number of alkyl halides is 1. The topological polar surface area (TPSA) is 104 Å². The zero-order valence-corrected chi connectivity index (χ0v) is 23.5. The molecule has 8 nitrogen and oxygen atoms in total. The number of nitrogens with zero attached hydrogens (tertiary/aromatic N) is 4. The number of carbonyl (C=O) groups excluding carboxylic acids is 2. The van der Waals surface area contributed by atoms with Gasteiger partial charge in [0.15, 0.2) is 0 Å². The first kappa shape index (κ1) is 27.5. The van der Waals surface area contributed by atoms with Crippen molar-refractivity contribution in [1.82, 2.24) is 19.8 Å². The molecule has 0 unspecified atom stereocenters. The number of hydrogen-bond acceptors (Lipinski definition) is 7. The fraction of sp³-hybridized carbons (Fsp3) is 0.517. The molecule has 2 aromatic heterocycles. The zero-order valence-electron chi connectivity index (χ0n) is 22.7. The average Bonchev–Trinajstić information content (AvgIpc) is 3.37. The minimum absolute atomic E-state index is 0.186. The van der Waals surface area contributed by atoms with Gasteiger partial charge >= 0.3 is 11.8 Å². The Morgan fingerprint density at radius 1 is 1.18 bits per heavy atom. The average molecular weight is 553 g/mol. The van der Waals surface area contributed by atoms with E-state index < -0.39 is 11.8 Å². The molecule has 2 fully saturated rings. The summed E-state index contributed by atoms with van der Waals surface area (Å²) in [5, 5.41) is 3.86. The number of aromatic nitrogens is 2. The Morgan fingerprint density at radius 2 is 1.97 bits per heavy atom. The number of likely N-dealkylation sites (tertiary alicyclic amines) is 2. The predicted molar refractivity (Wildman–Crippen MR) is 154 cm³/mol. The first-order chi connectivity index (χ1) is 18.9. The van der Waals surface area contributed by atoms with Crippen LogP contribution in [-0.2, 0) is 16.0 Å². The second-order valence-electron chi connectivity index (χ2n) is 10.8. The van der Waals surface area contributed by atoms with Gasteiger partial charge in [-0.1, -0.05) is 19.9 Å². The molecule has 0 spiro atoms. The summed E-state index contributed by atoms with van der Waals surface area (Å²) in [6.45, 7) is 6.62. The number of aryl methyl sites for hydroxylation is 1. The molecule has 1 aromatic carbocycles. The van der Waals surface area contributed by atoms with Crippen LogP contribution in [0.25, 0.3) is 10.2 Å². The van der Waals surface area contributed by atoms with Crippen LogP contribution in [0, 0.1) is 5.92 Å². The molecule has 208 valence electrons. The number of benzene rings is 1. The molecule has 0 saturated carbocycles. The Hall–Kier alpha value is -3.11. The number of nitrogen functional groups attached to an aromatic ring is 1. The first-order valence-corrected chi connectivity index (χ1v) is 14.7. The zero-order chi connectivity index (χ0) is 27.5. The maximum absolute atomic E-state index is 13.4. The van der Waals surface area contributed by atoms with Gasteiger partial charge in [-0.05, 0) is 80.4 Å². The van der Waals surface area contributed by atoms with Crippen LogP contribution in [0.5, 0.6) is 0 Å². The normalized spacial score (nSPS) is 20.8. The van der Waals surface area contributed by atoms with E-state index in [1.54, 1.807) is 22.3 Å². The number of hydrogen-bond donors (Lipinski definition) is 2. The van der Waals surface area contributed by atoms with Gasteiger partial charge in [-0.25, -0.2) is 14.4 Å². The number of pyridine rings is 1. The monoisotopic (exact) mass is 552 g/mol. The lowest BCUT2D eigenvalue weighted by atomic mass is 9.89. The molecule has 2 aliphatic heterocycles. The molecular formula is C29H37FN6O2S. The van der Waals surface area contributed by atoms with Crippen LogP contribution < -0.4 is 11.1 Å². The SMILES string of the molecule is CCc1cc(NC(=O)C(=O)N2C[C@@H](C)CC[C@@H]2c2ccc3sc(C4CCN(CCF)CC4)nc3c2)cnc1N. The lowest BCUT2D eigenvalue weighted by Crippen LogP contribution is -2.46. The summed E-state index contributed by atoms with van der Waals surface area (Å²) in [4.78, 5) is 39.5. The van der Waals surface area contributed by atoms with E-state index in [0.29, 0.717) is 42.9 Å². The number of nitrogens with two attached hydrogens (primary N) is 1. The van der Waals surface area contributed by atoms with Crippen molar-refractivity contribution in [3.05, 3.63) is 46.6 Å². The number of nitrogens with one attached hydrogen (secondary N) is 1. The summed E-state index contributed by atoms with van der Waals surface area (Å²) >= 11 is 1.73. The highest BCUT2D eigenvalue weighted by Crippen LogP contribution is 2.38. The fourth-order valence-corrected chi connectivity index (χ4v) is 6.90. The maximum atomic E-state index is 13.4. The third kappa shape index (κ3) is 6.06. The minimum atomic E-state index is -0.668. The molecule has 0 bridgehead atoms. The van der Waals surface area contributed by atoms with Crippen molar-refractivity contribution in [3.63, 3.8) is 0 Å². The lowest BCUT2D eigenvalue weighted by molar-refractivity contribution is -0.146. The molecular weight excluding hydrogens is 515 g/mol. The summed E-state index contributed by atoms with van der Waals surface area (Å²) in [6, 6.07) is 7.84. The number of anilines is 2. The van der Waals surface area contributed by atoms with Crippen LogP contribution in [0.15, 0.2) is 30.5 Å². The van der Waals surface area contributed by atoms with Crippen LogP contribution in [0.4, 0.5) is 15.9 Å². The molecule has 39 heavy (non-hydrogen) atoms. The van der Waals surface area contributed by atoms with E-state index in [2.05, 4.69) is 40.3 Å². The molecule has 2 saturated heterocycles. The molecule has 10 heteroatoms. The van der Waals surface area contributed by atoms with Crippen LogP contribution in [0.2, 0.25) is 0 Å². The van der Waals surface area contributed by atoms with Gasteiger partial charge in [0.2, 0.25) is 0 Å². The molecule has 2 amide bonds. The summed E-state index contributed by atoms with van der Waals surface area (Å²) in [6.07, 6.45) is 5.92. The number of fused-ring (bicyclic) bond motifs is 1. The van der Waals surface area contributed by atoms with Crippen molar-refractivity contribution in [1.29, 1.82) is 0 Å². The number of carbonyl (C=O) groups is 2. The van der Waals surface area contributed by atoms with Crippen molar-refractivity contribution >= 4 is 44.9 Å². The van der Waals surface area contributed by atoms with E-state index in [0.717, 1.165) is 65.1 Å². The number of rotatable bonds is 6. The van der Waals surface area contributed by atoms with Gasteiger partial charge in [0.1, 0.15) is 12.5 Å². The van der Waals surface area contributed by atoms with Gasteiger partial charge in [0.05, 0.1) is 33.2 Å². The number of amides is 2. The van der Waals surface area contributed by atoms with Gasteiger partial charge in [0.25, 0.3) is 0 Å². The van der Waals surface area contributed by atoms with E-state index in [-0.39, 0.29) is 12.7 Å². The van der Waals surface area contributed by atoms with Gasteiger partial charge < -0.3 is 20.9 Å². The summed E-state index contributed by atoms with van der Waals surface area (Å²) in [5.74, 6) is -0.0789. The van der Waals surface area contributed by atoms with Gasteiger partial charge in [-0.3, -0.25) is 9.59 Å². The molecule has 3 aromatic rings. The minimum Gasteiger partial charge on any atom is -0.383 e. The van der Waals surface area contributed by atoms with E-state index in [4.69, 9.17) is 10.7 Å². The quantitative estimate of drug-likeness (QED) is 0.421. The van der Waals surface area contributed by atoms with Crippen LogP contribution in [-0.4, -0.2) is 64.4 Å². The Bertz CT molecular complexity index is 1340. The summed E-state index contributed by atoms with van der Waals surface area (Å²) in [5.41, 5.74) is 9.12. The second-order valence-corrected chi connectivity index (χ2v) is 11.9. The molecule has 0 radical (unpaired) electrons. The van der Waals surface area contributed by atoms with Crippen molar-refractivity contribution in [2.24, 2.45) is 5.92 Å². The standard InChI is InChI=1S/C29H37FN6O2S/c1-3-19-14-22(16-32-26(19)31)33-27(37)29(38)36-17-18(2)4-6-24(36)21-5-7-25-23(15-21)34-28(39-25)20-8-11-35(12-9-20)13-10-30/h5,7,14-16,18,20,24H,3-4,6,8-13,17H2,1-2H3,(H2,31,32)(H,33,37)/t18-,24+/m0/s1. The largest absolute Gasteiger partial charge is 0.383 e. The van der Waals surface area contributed by atoms with Crippen LogP contribution >= 0.6 is 11.3 Å². The van der Waals surface area contributed by atoms with E-state index in [1.165, 1.54) is 6.20 Å². The molecule has 5 rings (SSSR count). The van der Waals surface area contributed by atoms with E-state index in [9.17, 15) is 14.0 Å². The summed E-state index contributed by atoms with van der Waals surface area (Å²) < 4.78 is 13.8. The molecule has 2 aliphatic rings. The van der Waals surface area contributed by atoms with Crippen LogP contribution in [0.1, 0.15) is 67.6 Å². The smallest absolute Gasteiger partial charge is 0.313 e. The first-order valence-electron chi connectivity index (χ1n) is 13.9. The van der Waals surface area contributed by atoms with Crippen molar-refractivity contribution < 1.29 is 14.0 Å². The maximum Gasteiger partial charge on any atom is 0.313 e. The Morgan fingerprint density at radius 3 is 2.72 bits per heavy atom. The molecule has 2 atom stereocenters. The Labute approximate surface area is 232 Å². The van der Waals surface area contributed by atoms with E-state index >= 15 is 0 Å². The van der Waals surface area contributed by atoms with Gasteiger partial charge in [-0.2, -0.15) is 0 Å². The highest BCUT2D eigenvalue weighted by molar-refractivity contribution is 7.18. The predicted octanol–water partition coefficient (Wildman–Crippen LogP) is 4.92. The molecule has 0 aliphatic carbocycles. The number of thiazole rings is 1. The van der Waals surface area contributed by atoms with Crippen LogP contribution in [0.3, 0.4) is 0 Å². The number of piperidine rings is 2. The molecule has 3 N–H and O–H groups in total. The Kier molecular flexibility index (Phi) is 8.42. The van der Waals surface area contributed by atoms with Crippen molar-refractivity contribution in [3.8, 4) is 0 Å². The summed E-state index contributed by atoms with van der Waals surface area (Å²) in [7, 11) is 0.